The molecule has 1 amide bonds. The molecule has 0 atom stereocenters. The van der Waals surface area contributed by atoms with Gasteiger partial charge in [-0.15, -0.1) is 0 Å². The summed E-state index contributed by atoms with van der Waals surface area (Å²) in [5, 5.41) is 5.08. The Hall–Kier alpha value is -2.60. The Morgan fingerprint density at radius 2 is 2.08 bits per heavy atom. The number of carbonyl (C=O) groups excluding carboxylic acids is 2. The van der Waals surface area contributed by atoms with E-state index in [0.29, 0.717) is 13.0 Å². The quantitative estimate of drug-likeness (QED) is 0.660. The summed E-state index contributed by atoms with van der Waals surface area (Å²) < 4.78 is 5.12. The number of fused-ring (bicyclic) bond motifs is 1. The monoisotopic (exact) mass is 356 g/mol. The molecule has 0 aliphatic heterocycles. The van der Waals surface area contributed by atoms with Gasteiger partial charge in [-0.1, -0.05) is 18.2 Å². The van der Waals surface area contributed by atoms with Crippen molar-refractivity contribution in [3.8, 4) is 0 Å². The van der Waals surface area contributed by atoms with Crippen molar-refractivity contribution in [1.29, 1.82) is 0 Å². The SMILES string of the molecule is CN(Cc1ccsc1)C(=O)COC(=O)CCc1c[nH]c2ccccc12. The van der Waals surface area contributed by atoms with Crippen LogP contribution in [0.3, 0.4) is 0 Å². The van der Waals surface area contributed by atoms with E-state index < -0.39 is 0 Å². The molecule has 0 saturated carbocycles. The third-order valence-electron chi connectivity index (χ3n) is 4.06. The number of nitrogens with one attached hydrogen (secondary N) is 1. The summed E-state index contributed by atoms with van der Waals surface area (Å²) >= 11 is 1.59. The van der Waals surface area contributed by atoms with Gasteiger partial charge < -0.3 is 14.6 Å². The number of H-pyrrole nitrogens is 1. The van der Waals surface area contributed by atoms with E-state index in [1.165, 1.54) is 0 Å². The molecule has 0 unspecified atom stereocenters. The van der Waals surface area contributed by atoms with Crippen LogP contribution in [-0.4, -0.2) is 35.4 Å². The van der Waals surface area contributed by atoms with Gasteiger partial charge in [-0.05, 0) is 40.4 Å². The lowest BCUT2D eigenvalue weighted by Gasteiger charge is -2.16. The first-order chi connectivity index (χ1) is 12.1. The van der Waals surface area contributed by atoms with E-state index in [4.69, 9.17) is 4.74 Å². The second-order valence-electron chi connectivity index (χ2n) is 5.90. The molecule has 0 radical (unpaired) electrons. The van der Waals surface area contributed by atoms with Crippen LogP contribution in [0.2, 0.25) is 0 Å². The van der Waals surface area contributed by atoms with Crippen molar-refractivity contribution >= 4 is 34.1 Å². The van der Waals surface area contributed by atoms with Crippen LogP contribution in [0.4, 0.5) is 0 Å². The molecular formula is C19H20N2O3S. The van der Waals surface area contributed by atoms with E-state index in [1.54, 1.807) is 23.3 Å². The van der Waals surface area contributed by atoms with Crippen molar-refractivity contribution in [3.05, 3.63) is 58.4 Å². The number of aromatic nitrogens is 1. The molecule has 0 aliphatic rings. The molecule has 1 aromatic carbocycles. The van der Waals surface area contributed by atoms with Crippen molar-refractivity contribution in [2.24, 2.45) is 0 Å². The Bertz CT molecular complexity index is 855. The summed E-state index contributed by atoms with van der Waals surface area (Å²) in [4.78, 5) is 28.7. The summed E-state index contributed by atoms with van der Waals surface area (Å²) in [6, 6.07) is 9.94. The highest BCUT2D eigenvalue weighted by molar-refractivity contribution is 7.07. The first-order valence-corrected chi connectivity index (χ1v) is 9.03. The number of thiophene rings is 1. The van der Waals surface area contributed by atoms with E-state index in [2.05, 4.69) is 4.98 Å². The molecule has 0 spiro atoms. The normalized spacial score (nSPS) is 10.8. The average molecular weight is 356 g/mol. The summed E-state index contributed by atoms with van der Waals surface area (Å²) in [6.45, 7) is 0.308. The highest BCUT2D eigenvalue weighted by Crippen LogP contribution is 2.19. The number of carbonyl (C=O) groups is 2. The van der Waals surface area contributed by atoms with Crippen LogP contribution in [0.1, 0.15) is 17.5 Å². The number of nitrogens with zero attached hydrogens (tertiary/aromatic N) is 1. The number of aryl methyl sites for hydroxylation is 1. The molecule has 3 rings (SSSR count). The number of amides is 1. The van der Waals surface area contributed by atoms with Gasteiger partial charge in [0, 0.05) is 37.1 Å². The Morgan fingerprint density at radius 1 is 1.24 bits per heavy atom. The third kappa shape index (κ3) is 4.48. The molecule has 0 fully saturated rings. The second kappa shape index (κ2) is 7.98. The fourth-order valence-corrected chi connectivity index (χ4v) is 3.30. The molecule has 130 valence electrons. The highest BCUT2D eigenvalue weighted by Gasteiger charge is 2.13. The maximum absolute atomic E-state index is 12.0. The standard InChI is InChI=1S/C19H20N2O3S/c1-21(11-14-8-9-25-13-14)18(22)12-24-19(23)7-6-15-10-20-17-5-3-2-4-16(15)17/h2-5,8-10,13,20H,6-7,11-12H2,1H3. The Labute approximate surface area is 150 Å². The summed E-state index contributed by atoms with van der Waals surface area (Å²) in [5.74, 6) is -0.561. The Balaban J connectivity index is 1.44. The van der Waals surface area contributed by atoms with Crippen LogP contribution in [0.5, 0.6) is 0 Å². The molecule has 2 aromatic heterocycles. The third-order valence-corrected chi connectivity index (χ3v) is 4.79. The van der Waals surface area contributed by atoms with Crippen molar-refractivity contribution in [1.82, 2.24) is 9.88 Å². The van der Waals surface area contributed by atoms with Gasteiger partial charge >= 0.3 is 5.97 Å². The number of hydrogen-bond acceptors (Lipinski definition) is 4. The largest absolute Gasteiger partial charge is 0.456 e. The summed E-state index contributed by atoms with van der Waals surface area (Å²) in [7, 11) is 1.71. The maximum Gasteiger partial charge on any atom is 0.306 e. The predicted octanol–water partition coefficient (Wildman–Crippen LogP) is 3.36. The fraction of sp³-hybridized carbons (Fsp3) is 0.263. The first-order valence-electron chi connectivity index (χ1n) is 8.09. The molecule has 25 heavy (non-hydrogen) atoms. The Kier molecular flexibility index (Phi) is 5.50. The van der Waals surface area contributed by atoms with Gasteiger partial charge in [0.2, 0.25) is 0 Å². The molecular weight excluding hydrogens is 336 g/mol. The van der Waals surface area contributed by atoms with Crippen LogP contribution in [0, 0.1) is 0 Å². The van der Waals surface area contributed by atoms with Crippen molar-refractivity contribution in [3.63, 3.8) is 0 Å². The number of likely N-dealkylation sites (N-methyl/N-ethyl adjacent to an activating group) is 1. The van der Waals surface area contributed by atoms with Crippen LogP contribution < -0.4 is 0 Å². The van der Waals surface area contributed by atoms with E-state index in [-0.39, 0.29) is 24.9 Å². The van der Waals surface area contributed by atoms with E-state index >= 15 is 0 Å². The topological polar surface area (TPSA) is 62.4 Å². The average Bonchev–Trinajstić information content (AvgIpc) is 3.27. The molecule has 0 saturated heterocycles. The smallest absolute Gasteiger partial charge is 0.306 e. The van der Waals surface area contributed by atoms with Gasteiger partial charge in [-0.3, -0.25) is 9.59 Å². The lowest BCUT2D eigenvalue weighted by atomic mass is 10.1. The molecule has 1 N–H and O–H groups in total. The van der Waals surface area contributed by atoms with Gasteiger partial charge in [0.05, 0.1) is 0 Å². The number of aromatic amines is 1. The highest BCUT2D eigenvalue weighted by atomic mass is 32.1. The number of para-hydroxylation sites is 1. The number of hydrogen-bond donors (Lipinski definition) is 1. The van der Waals surface area contributed by atoms with E-state index in [9.17, 15) is 9.59 Å². The minimum absolute atomic E-state index is 0.202. The molecule has 6 heteroatoms. The molecule has 3 aromatic rings. The Morgan fingerprint density at radius 3 is 2.88 bits per heavy atom. The van der Waals surface area contributed by atoms with Gasteiger partial charge in [0.25, 0.3) is 5.91 Å². The van der Waals surface area contributed by atoms with E-state index in [0.717, 1.165) is 22.0 Å². The number of esters is 1. The van der Waals surface area contributed by atoms with E-state index in [1.807, 2.05) is 47.3 Å². The van der Waals surface area contributed by atoms with Gasteiger partial charge in [0.15, 0.2) is 6.61 Å². The fourth-order valence-electron chi connectivity index (χ4n) is 2.64. The number of rotatable bonds is 7. The van der Waals surface area contributed by atoms with Crippen LogP contribution in [0.25, 0.3) is 10.9 Å². The maximum atomic E-state index is 12.0. The summed E-state index contributed by atoms with van der Waals surface area (Å²) in [5.41, 5.74) is 3.20. The van der Waals surface area contributed by atoms with Crippen molar-refractivity contribution in [2.75, 3.05) is 13.7 Å². The van der Waals surface area contributed by atoms with Crippen molar-refractivity contribution < 1.29 is 14.3 Å². The molecule has 0 aliphatic carbocycles. The molecule has 0 bridgehead atoms. The zero-order valence-electron chi connectivity index (χ0n) is 14.0. The molecule has 5 nitrogen and oxygen atoms in total. The lowest BCUT2D eigenvalue weighted by Crippen LogP contribution is -2.30. The second-order valence-corrected chi connectivity index (χ2v) is 6.68. The first kappa shape index (κ1) is 17.2. The van der Waals surface area contributed by atoms with Gasteiger partial charge in [-0.2, -0.15) is 11.3 Å². The minimum Gasteiger partial charge on any atom is -0.456 e. The number of ether oxygens (including phenoxy) is 1. The van der Waals surface area contributed by atoms with Gasteiger partial charge in [-0.25, -0.2) is 0 Å². The zero-order valence-corrected chi connectivity index (χ0v) is 14.8. The number of benzene rings is 1. The van der Waals surface area contributed by atoms with Gasteiger partial charge in [0.1, 0.15) is 0 Å². The zero-order chi connectivity index (χ0) is 17.6. The van der Waals surface area contributed by atoms with Crippen LogP contribution >= 0.6 is 11.3 Å². The lowest BCUT2D eigenvalue weighted by molar-refractivity contribution is -0.151. The van der Waals surface area contributed by atoms with Crippen molar-refractivity contribution in [2.45, 2.75) is 19.4 Å². The predicted molar refractivity (Wildman–Crippen MR) is 98.4 cm³/mol. The van der Waals surface area contributed by atoms with Crippen LogP contribution in [-0.2, 0) is 27.3 Å². The van der Waals surface area contributed by atoms with Crippen LogP contribution in [0.15, 0.2) is 47.3 Å². The minimum atomic E-state index is -0.359. The summed E-state index contributed by atoms with van der Waals surface area (Å²) in [6.07, 6.45) is 2.75. The molecule has 2 heterocycles.